The van der Waals surface area contributed by atoms with Crippen molar-refractivity contribution >= 4 is 45.9 Å². The molecule has 2 heterocycles. The van der Waals surface area contributed by atoms with Crippen molar-refractivity contribution in [2.75, 3.05) is 51.0 Å². The Morgan fingerprint density at radius 1 is 1.08 bits per heavy atom. The van der Waals surface area contributed by atoms with Crippen molar-refractivity contribution in [2.45, 2.75) is 43.1 Å². The third-order valence-corrected chi connectivity index (χ3v) is 8.25. The zero-order valence-electron chi connectivity index (χ0n) is 22.3. The van der Waals surface area contributed by atoms with E-state index in [1.54, 1.807) is 12.1 Å². The van der Waals surface area contributed by atoms with Gasteiger partial charge in [-0.15, -0.1) is 11.8 Å². The SMILES string of the molecule is CC(=O)N[C@@H]1[C@@H](O)[C@H](O)[C@@H](CO)O[C@H]1SCCCNCCN1C(=O)c2cccc3c(N(C)C)ccc(c23)C1=O. The van der Waals surface area contributed by atoms with Gasteiger partial charge in [0.15, 0.2) is 0 Å². The molecule has 0 bridgehead atoms. The molecular weight excluding hydrogens is 524 g/mol. The van der Waals surface area contributed by atoms with Crippen LogP contribution in [0.3, 0.4) is 0 Å². The van der Waals surface area contributed by atoms with Crippen LogP contribution in [0, 0.1) is 0 Å². The number of anilines is 1. The highest BCUT2D eigenvalue weighted by Crippen LogP contribution is 2.35. The summed E-state index contributed by atoms with van der Waals surface area (Å²) < 4.78 is 5.72. The van der Waals surface area contributed by atoms with Crippen LogP contribution in [-0.4, -0.2) is 114 Å². The Kier molecular flexibility index (Phi) is 9.47. The first-order chi connectivity index (χ1) is 18.6. The number of aliphatic hydroxyl groups is 3. The Balaban J connectivity index is 1.28. The number of hydrogen-bond acceptors (Lipinski definition) is 10. The smallest absolute Gasteiger partial charge is 0.261 e. The fourth-order valence-electron chi connectivity index (χ4n) is 5.05. The van der Waals surface area contributed by atoms with Gasteiger partial charge in [-0.3, -0.25) is 19.3 Å². The predicted molar refractivity (Wildman–Crippen MR) is 149 cm³/mol. The lowest BCUT2D eigenvalue weighted by Crippen LogP contribution is -2.63. The van der Waals surface area contributed by atoms with E-state index in [0.717, 1.165) is 11.1 Å². The molecule has 11 nitrogen and oxygen atoms in total. The van der Waals surface area contributed by atoms with E-state index in [9.17, 15) is 29.7 Å². The van der Waals surface area contributed by atoms with E-state index in [2.05, 4.69) is 10.6 Å². The molecular formula is C27H36N4O7S. The van der Waals surface area contributed by atoms with Crippen molar-refractivity contribution in [1.29, 1.82) is 0 Å². The number of benzene rings is 2. The van der Waals surface area contributed by atoms with Crippen molar-refractivity contribution in [2.24, 2.45) is 0 Å². The zero-order chi connectivity index (χ0) is 28.3. The molecule has 0 radical (unpaired) electrons. The Labute approximate surface area is 231 Å². The number of carbonyl (C=O) groups is 3. The number of thioether (sulfide) groups is 1. The minimum atomic E-state index is -1.31. The molecule has 12 heteroatoms. The van der Waals surface area contributed by atoms with Crippen LogP contribution in [0.2, 0.25) is 0 Å². The highest BCUT2D eigenvalue weighted by Gasteiger charge is 2.44. The van der Waals surface area contributed by atoms with Crippen molar-refractivity contribution < 1.29 is 34.4 Å². The maximum absolute atomic E-state index is 13.2. The van der Waals surface area contributed by atoms with E-state index in [-0.39, 0.29) is 24.3 Å². The number of carbonyl (C=O) groups excluding carboxylic acids is 3. The average Bonchev–Trinajstić information content (AvgIpc) is 2.91. The predicted octanol–water partition coefficient (Wildman–Crippen LogP) is 0.158. The second kappa shape index (κ2) is 12.6. The first kappa shape index (κ1) is 29.2. The standard InChI is InChI=1S/C27H36N4O7S/c1-15(33)29-22-24(35)23(34)20(14-32)38-27(22)39-13-5-10-28-11-12-31-25(36)17-7-4-6-16-19(30(2)3)9-8-18(21(16)17)26(31)37/h4,6-9,20,22-24,27-28,32,34-35H,5,10-14H2,1-3H3,(H,29,33)/t20-,22-,23-,24-,27+/m1/s1. The number of nitrogens with zero attached hydrogens (tertiary/aromatic N) is 2. The van der Waals surface area contributed by atoms with E-state index < -0.39 is 36.4 Å². The van der Waals surface area contributed by atoms with E-state index in [1.807, 2.05) is 37.2 Å². The molecule has 5 N–H and O–H groups in total. The molecule has 2 aromatic carbocycles. The van der Waals surface area contributed by atoms with Gasteiger partial charge in [-0.2, -0.15) is 0 Å². The number of rotatable bonds is 11. The summed E-state index contributed by atoms with van der Waals surface area (Å²) in [5, 5.41) is 37.4. The van der Waals surface area contributed by atoms with Gasteiger partial charge in [0.1, 0.15) is 23.7 Å². The third-order valence-electron chi connectivity index (χ3n) is 6.99. The number of aliphatic hydroxyl groups excluding tert-OH is 3. The second-order valence-corrected chi connectivity index (χ2v) is 11.1. The van der Waals surface area contributed by atoms with Crippen molar-refractivity contribution in [3.05, 3.63) is 41.5 Å². The van der Waals surface area contributed by atoms with Gasteiger partial charge < -0.3 is 35.6 Å². The molecule has 2 aliphatic heterocycles. The Morgan fingerprint density at radius 2 is 1.79 bits per heavy atom. The maximum Gasteiger partial charge on any atom is 0.261 e. The Morgan fingerprint density at radius 3 is 2.46 bits per heavy atom. The van der Waals surface area contributed by atoms with Crippen LogP contribution in [0.4, 0.5) is 5.69 Å². The van der Waals surface area contributed by atoms with Gasteiger partial charge in [0.05, 0.1) is 12.6 Å². The normalized spacial score (nSPS) is 24.8. The second-order valence-electron chi connectivity index (χ2n) is 9.92. The maximum atomic E-state index is 13.2. The summed E-state index contributed by atoms with van der Waals surface area (Å²) in [6, 6.07) is 8.40. The molecule has 212 valence electrons. The van der Waals surface area contributed by atoms with Gasteiger partial charge in [0.25, 0.3) is 11.8 Å². The minimum Gasteiger partial charge on any atom is -0.394 e. The lowest BCUT2D eigenvalue weighted by Gasteiger charge is -2.42. The number of ether oxygens (including phenoxy) is 1. The van der Waals surface area contributed by atoms with Gasteiger partial charge in [0, 0.05) is 61.7 Å². The minimum absolute atomic E-state index is 0.231. The third kappa shape index (κ3) is 6.06. The lowest BCUT2D eigenvalue weighted by molar-refractivity contribution is -0.173. The summed E-state index contributed by atoms with van der Waals surface area (Å²) in [5.74, 6) is -0.351. The van der Waals surface area contributed by atoms with Crippen LogP contribution in [0.1, 0.15) is 34.1 Å². The Bertz CT molecular complexity index is 1200. The van der Waals surface area contributed by atoms with Crippen molar-refractivity contribution in [3.63, 3.8) is 0 Å². The molecule has 0 saturated carbocycles. The molecule has 0 spiro atoms. The van der Waals surface area contributed by atoms with E-state index >= 15 is 0 Å². The molecule has 4 rings (SSSR count). The molecule has 2 aliphatic rings. The van der Waals surface area contributed by atoms with Crippen LogP contribution in [0.25, 0.3) is 10.8 Å². The fourth-order valence-corrected chi connectivity index (χ4v) is 6.25. The van der Waals surface area contributed by atoms with E-state index in [0.29, 0.717) is 41.8 Å². The molecule has 1 saturated heterocycles. The number of nitrogens with one attached hydrogen (secondary N) is 2. The lowest BCUT2D eigenvalue weighted by atomic mass is 9.93. The van der Waals surface area contributed by atoms with Crippen molar-refractivity contribution in [3.8, 4) is 0 Å². The Hall–Kier alpha value is -2.74. The van der Waals surface area contributed by atoms with Crippen LogP contribution >= 0.6 is 11.8 Å². The number of amides is 3. The van der Waals surface area contributed by atoms with Gasteiger partial charge in [-0.25, -0.2) is 0 Å². The quantitative estimate of drug-likeness (QED) is 0.190. The number of imide groups is 1. The van der Waals surface area contributed by atoms with Crippen molar-refractivity contribution in [1.82, 2.24) is 15.5 Å². The summed E-state index contributed by atoms with van der Waals surface area (Å²) in [4.78, 5) is 41.2. The monoisotopic (exact) mass is 560 g/mol. The first-order valence-corrected chi connectivity index (χ1v) is 14.0. The van der Waals surface area contributed by atoms with Crippen LogP contribution in [0.15, 0.2) is 30.3 Å². The summed E-state index contributed by atoms with van der Waals surface area (Å²) in [6.07, 6.45) is -2.80. The fraction of sp³-hybridized carbons (Fsp3) is 0.519. The molecule has 1 fully saturated rings. The molecule has 2 aromatic rings. The van der Waals surface area contributed by atoms with E-state index in [4.69, 9.17) is 4.74 Å². The molecule has 5 atom stereocenters. The molecule has 39 heavy (non-hydrogen) atoms. The largest absolute Gasteiger partial charge is 0.394 e. The topological polar surface area (TPSA) is 152 Å². The molecule has 0 aromatic heterocycles. The van der Waals surface area contributed by atoms with Gasteiger partial charge in [0.2, 0.25) is 5.91 Å². The highest BCUT2D eigenvalue weighted by molar-refractivity contribution is 7.99. The highest BCUT2D eigenvalue weighted by atomic mass is 32.2. The van der Waals surface area contributed by atoms with Crippen LogP contribution < -0.4 is 15.5 Å². The average molecular weight is 561 g/mol. The van der Waals surface area contributed by atoms with Crippen LogP contribution in [-0.2, 0) is 9.53 Å². The van der Waals surface area contributed by atoms with Crippen LogP contribution in [0.5, 0.6) is 0 Å². The first-order valence-electron chi connectivity index (χ1n) is 13.0. The molecule has 0 unspecified atom stereocenters. The zero-order valence-corrected chi connectivity index (χ0v) is 23.1. The number of hydrogen-bond donors (Lipinski definition) is 5. The summed E-state index contributed by atoms with van der Waals surface area (Å²) in [6.45, 7) is 2.13. The molecule has 3 amide bonds. The van der Waals surface area contributed by atoms with Gasteiger partial charge in [-0.1, -0.05) is 12.1 Å². The summed E-state index contributed by atoms with van der Waals surface area (Å²) in [7, 11) is 3.85. The van der Waals surface area contributed by atoms with E-state index in [1.165, 1.54) is 23.6 Å². The molecule has 0 aliphatic carbocycles. The summed E-state index contributed by atoms with van der Waals surface area (Å²) in [5.41, 5.74) is 1.36. The van der Waals surface area contributed by atoms with Gasteiger partial charge in [-0.05, 0) is 36.9 Å². The van der Waals surface area contributed by atoms with Gasteiger partial charge >= 0.3 is 0 Å². The summed E-state index contributed by atoms with van der Waals surface area (Å²) >= 11 is 1.37.